The van der Waals surface area contributed by atoms with Crippen LogP contribution in [0, 0.1) is 0 Å². The highest BCUT2D eigenvalue weighted by atomic mass is 79.9. The smallest absolute Gasteiger partial charge is 0.261 e. The topological polar surface area (TPSA) is 38.3 Å². The second-order valence-corrected chi connectivity index (χ2v) is 5.05. The largest absolute Gasteiger partial charge is 0.375 e. The van der Waals surface area contributed by atoms with E-state index in [0.29, 0.717) is 11.4 Å². The van der Waals surface area contributed by atoms with E-state index in [1.807, 2.05) is 6.92 Å². The SMILES string of the molecule is CC(Br)CCCNC(=O)CCOCC(F)F. The molecule has 1 unspecified atom stereocenters. The monoisotopic (exact) mass is 301 g/mol. The number of nitrogens with one attached hydrogen (secondary N) is 1. The summed E-state index contributed by atoms with van der Waals surface area (Å²) in [4.78, 5) is 11.6. The summed E-state index contributed by atoms with van der Waals surface area (Å²) in [7, 11) is 0. The number of halogens is 3. The van der Waals surface area contributed by atoms with Gasteiger partial charge in [0.15, 0.2) is 0 Å². The number of rotatable bonds is 9. The average Bonchev–Trinajstić information content (AvgIpc) is 2.19. The van der Waals surface area contributed by atoms with Crippen molar-refractivity contribution >= 4 is 21.8 Å². The quantitative estimate of drug-likeness (QED) is 0.524. The molecule has 0 saturated heterocycles. The summed E-state index contributed by atoms with van der Waals surface area (Å²) in [5.41, 5.74) is 0. The molecule has 0 radical (unpaired) electrons. The number of hydrogen-bond donors (Lipinski definition) is 1. The van der Waals surface area contributed by atoms with Crippen molar-refractivity contribution in [2.24, 2.45) is 0 Å². The highest BCUT2D eigenvalue weighted by molar-refractivity contribution is 9.09. The molecule has 1 N–H and O–H groups in total. The molecule has 0 aliphatic carbocycles. The first-order valence-electron chi connectivity index (χ1n) is 5.29. The molecule has 0 aromatic rings. The van der Waals surface area contributed by atoms with Crippen molar-refractivity contribution in [3.05, 3.63) is 0 Å². The molecular formula is C10H18BrF2NO2. The van der Waals surface area contributed by atoms with Crippen LogP contribution in [0.2, 0.25) is 0 Å². The van der Waals surface area contributed by atoms with E-state index in [1.54, 1.807) is 0 Å². The second-order valence-electron chi connectivity index (χ2n) is 3.49. The number of ether oxygens (including phenoxy) is 1. The van der Waals surface area contributed by atoms with Crippen LogP contribution in [0.4, 0.5) is 8.78 Å². The predicted octanol–water partition coefficient (Wildman–Crippen LogP) is 2.34. The predicted molar refractivity (Wildman–Crippen MR) is 62.1 cm³/mol. The van der Waals surface area contributed by atoms with Crippen LogP contribution in [0.25, 0.3) is 0 Å². The molecule has 16 heavy (non-hydrogen) atoms. The molecule has 1 atom stereocenters. The fraction of sp³-hybridized carbons (Fsp3) is 0.900. The maximum absolute atomic E-state index is 11.7. The minimum atomic E-state index is -2.47. The van der Waals surface area contributed by atoms with Gasteiger partial charge < -0.3 is 10.1 Å². The molecule has 0 saturated carbocycles. The van der Waals surface area contributed by atoms with Gasteiger partial charge in [-0.05, 0) is 12.8 Å². The lowest BCUT2D eigenvalue weighted by Crippen LogP contribution is -2.26. The summed E-state index contributed by atoms with van der Waals surface area (Å²) in [6.07, 6.45) is -0.446. The van der Waals surface area contributed by atoms with Crippen LogP contribution in [-0.4, -0.2) is 36.9 Å². The fourth-order valence-corrected chi connectivity index (χ4v) is 1.36. The Kier molecular flexibility index (Phi) is 9.82. The van der Waals surface area contributed by atoms with Crippen LogP contribution >= 0.6 is 15.9 Å². The van der Waals surface area contributed by atoms with Crippen molar-refractivity contribution in [3.8, 4) is 0 Å². The first-order valence-corrected chi connectivity index (χ1v) is 6.20. The highest BCUT2D eigenvalue weighted by Gasteiger charge is 2.04. The Morgan fingerprint density at radius 3 is 2.75 bits per heavy atom. The highest BCUT2D eigenvalue weighted by Crippen LogP contribution is 2.04. The summed E-state index contributed by atoms with van der Waals surface area (Å²) in [5.74, 6) is -0.156. The lowest BCUT2D eigenvalue weighted by molar-refractivity contribution is -0.122. The number of hydrogen-bond acceptors (Lipinski definition) is 2. The van der Waals surface area contributed by atoms with E-state index < -0.39 is 13.0 Å². The molecule has 0 bridgehead atoms. The molecule has 6 heteroatoms. The molecule has 0 rings (SSSR count). The zero-order valence-electron chi connectivity index (χ0n) is 9.35. The summed E-state index contributed by atoms with van der Waals surface area (Å²) in [5, 5.41) is 2.70. The standard InChI is InChI=1S/C10H18BrF2NO2/c1-8(11)3-2-5-14-10(15)4-6-16-7-9(12)13/h8-9H,2-7H2,1H3,(H,14,15). The van der Waals surface area contributed by atoms with Gasteiger partial charge in [0.05, 0.1) is 6.61 Å². The lowest BCUT2D eigenvalue weighted by atomic mass is 10.2. The molecule has 1 amide bonds. The Morgan fingerprint density at radius 2 is 2.19 bits per heavy atom. The van der Waals surface area contributed by atoms with Gasteiger partial charge in [0.1, 0.15) is 6.61 Å². The molecule has 0 aromatic heterocycles. The van der Waals surface area contributed by atoms with Crippen LogP contribution in [0.15, 0.2) is 0 Å². The normalized spacial score (nSPS) is 12.8. The van der Waals surface area contributed by atoms with Crippen molar-refractivity contribution < 1.29 is 18.3 Å². The van der Waals surface area contributed by atoms with Gasteiger partial charge in [-0.15, -0.1) is 0 Å². The van der Waals surface area contributed by atoms with Crippen molar-refractivity contribution in [1.82, 2.24) is 5.32 Å². The Labute approximate surface area is 103 Å². The summed E-state index contributed by atoms with van der Waals surface area (Å²) in [6.45, 7) is 2.10. The third kappa shape index (κ3) is 11.8. The van der Waals surface area contributed by atoms with E-state index in [-0.39, 0.29) is 18.9 Å². The van der Waals surface area contributed by atoms with Gasteiger partial charge in [0.25, 0.3) is 6.43 Å². The van der Waals surface area contributed by atoms with Crippen LogP contribution in [0.3, 0.4) is 0 Å². The molecule has 0 heterocycles. The summed E-state index contributed by atoms with van der Waals surface area (Å²) >= 11 is 3.40. The van der Waals surface area contributed by atoms with Crippen molar-refractivity contribution in [3.63, 3.8) is 0 Å². The fourth-order valence-electron chi connectivity index (χ4n) is 1.04. The molecule has 0 aliphatic heterocycles. The van der Waals surface area contributed by atoms with Crippen molar-refractivity contribution in [1.29, 1.82) is 0 Å². The first-order chi connectivity index (χ1) is 7.52. The third-order valence-electron chi connectivity index (χ3n) is 1.82. The van der Waals surface area contributed by atoms with Gasteiger partial charge >= 0.3 is 0 Å². The molecular weight excluding hydrogens is 284 g/mol. The summed E-state index contributed by atoms with van der Waals surface area (Å²) in [6, 6.07) is 0. The number of carbonyl (C=O) groups excluding carboxylic acids is 1. The first kappa shape index (κ1) is 15.8. The second kappa shape index (κ2) is 9.96. The minimum Gasteiger partial charge on any atom is -0.375 e. The van der Waals surface area contributed by atoms with Crippen LogP contribution in [0.1, 0.15) is 26.2 Å². The van der Waals surface area contributed by atoms with Gasteiger partial charge in [0, 0.05) is 17.8 Å². The number of amides is 1. The zero-order chi connectivity index (χ0) is 12.4. The molecule has 0 aliphatic rings. The van der Waals surface area contributed by atoms with E-state index in [0.717, 1.165) is 12.8 Å². The van der Waals surface area contributed by atoms with E-state index in [2.05, 4.69) is 26.0 Å². The lowest BCUT2D eigenvalue weighted by Gasteiger charge is -2.06. The molecule has 3 nitrogen and oxygen atoms in total. The van der Waals surface area contributed by atoms with Gasteiger partial charge in [-0.3, -0.25) is 4.79 Å². The Balaban J connectivity index is 3.25. The van der Waals surface area contributed by atoms with E-state index in [9.17, 15) is 13.6 Å². The van der Waals surface area contributed by atoms with Gasteiger partial charge in [-0.1, -0.05) is 22.9 Å². The maximum Gasteiger partial charge on any atom is 0.261 e. The zero-order valence-corrected chi connectivity index (χ0v) is 10.9. The maximum atomic E-state index is 11.7. The summed E-state index contributed by atoms with van der Waals surface area (Å²) < 4.78 is 27.9. The van der Waals surface area contributed by atoms with Crippen LogP contribution in [-0.2, 0) is 9.53 Å². The van der Waals surface area contributed by atoms with Crippen molar-refractivity contribution in [2.75, 3.05) is 19.8 Å². The van der Waals surface area contributed by atoms with Gasteiger partial charge in [0.2, 0.25) is 5.91 Å². The molecule has 96 valence electrons. The minimum absolute atomic E-state index is 0.0466. The average molecular weight is 302 g/mol. The Bertz CT molecular complexity index is 174. The van der Waals surface area contributed by atoms with Crippen LogP contribution < -0.4 is 5.32 Å². The van der Waals surface area contributed by atoms with Crippen molar-refractivity contribution in [2.45, 2.75) is 37.4 Å². The van der Waals surface area contributed by atoms with E-state index in [1.165, 1.54) is 0 Å². The molecule has 0 spiro atoms. The molecule has 0 fully saturated rings. The Morgan fingerprint density at radius 1 is 1.50 bits per heavy atom. The van der Waals surface area contributed by atoms with Gasteiger partial charge in [-0.2, -0.15) is 0 Å². The number of carbonyl (C=O) groups is 1. The van der Waals surface area contributed by atoms with Gasteiger partial charge in [-0.25, -0.2) is 8.78 Å². The third-order valence-corrected chi connectivity index (χ3v) is 2.28. The molecule has 0 aromatic carbocycles. The van der Waals surface area contributed by atoms with Crippen LogP contribution in [0.5, 0.6) is 0 Å². The Hall–Kier alpha value is -0.230. The van der Waals surface area contributed by atoms with E-state index >= 15 is 0 Å². The van der Waals surface area contributed by atoms with E-state index in [4.69, 9.17) is 0 Å². The number of alkyl halides is 3.